The Labute approximate surface area is 133 Å². The van der Waals surface area contributed by atoms with Gasteiger partial charge in [-0.05, 0) is 42.5 Å². The third kappa shape index (κ3) is 4.01. The van der Waals surface area contributed by atoms with Crippen LogP contribution in [0, 0.1) is 5.82 Å². The number of carbonyl (C=O) groups is 1. The van der Waals surface area contributed by atoms with E-state index in [0.29, 0.717) is 16.2 Å². The van der Waals surface area contributed by atoms with Crippen LogP contribution in [-0.4, -0.2) is 31.4 Å². The number of nitrogens with one attached hydrogen (secondary N) is 1. The normalized spacial score (nSPS) is 12.2. The molecule has 0 radical (unpaired) electrons. The van der Waals surface area contributed by atoms with Crippen molar-refractivity contribution >= 4 is 39.3 Å². The van der Waals surface area contributed by atoms with Gasteiger partial charge in [0, 0.05) is 11.0 Å². The zero-order chi connectivity index (χ0) is 15.4. The van der Waals surface area contributed by atoms with Gasteiger partial charge < -0.3 is 5.32 Å². The number of hydrogen-bond donors (Lipinski definition) is 1. The Morgan fingerprint density at radius 2 is 2.33 bits per heavy atom. The van der Waals surface area contributed by atoms with Crippen molar-refractivity contribution in [2.24, 2.45) is 0 Å². The summed E-state index contributed by atoms with van der Waals surface area (Å²) in [5.74, 6) is -0.805. The van der Waals surface area contributed by atoms with Gasteiger partial charge in [0.2, 0.25) is 11.1 Å². The van der Waals surface area contributed by atoms with Gasteiger partial charge in [-0.15, -0.1) is 5.10 Å². The number of aromatic nitrogens is 4. The molecule has 1 atom stereocenters. The molecule has 0 bridgehead atoms. The van der Waals surface area contributed by atoms with Gasteiger partial charge in [-0.1, -0.05) is 27.7 Å². The maximum atomic E-state index is 13.7. The topological polar surface area (TPSA) is 72.7 Å². The number of amides is 1. The monoisotopic (exact) mass is 373 g/mol. The smallest absolute Gasteiger partial charge is 0.237 e. The van der Waals surface area contributed by atoms with E-state index in [2.05, 4.69) is 36.8 Å². The van der Waals surface area contributed by atoms with Crippen LogP contribution in [-0.2, 0) is 11.3 Å². The number of rotatable bonds is 5. The molecule has 21 heavy (non-hydrogen) atoms. The molecular weight excluding hydrogens is 361 g/mol. The summed E-state index contributed by atoms with van der Waals surface area (Å²) in [5.41, 5.74) is 0.144. The van der Waals surface area contributed by atoms with E-state index in [1.165, 1.54) is 23.9 Å². The molecule has 0 aliphatic heterocycles. The standard InChI is InChI=1S/C12H13BrFN5OS/c1-3-19-12(16-17-18-19)21-7(2)11(20)15-10-5-4-8(13)6-9(10)14/h4-7H,3H2,1-2H3,(H,15,20). The first kappa shape index (κ1) is 15.9. The average molecular weight is 374 g/mol. The summed E-state index contributed by atoms with van der Waals surface area (Å²) in [6.45, 7) is 4.23. The molecule has 1 aromatic carbocycles. The van der Waals surface area contributed by atoms with Crippen LogP contribution >= 0.6 is 27.7 Å². The third-order valence-electron chi connectivity index (χ3n) is 2.64. The van der Waals surface area contributed by atoms with Crippen LogP contribution in [0.25, 0.3) is 0 Å². The molecule has 0 saturated heterocycles. The number of thioether (sulfide) groups is 1. The van der Waals surface area contributed by atoms with Gasteiger partial charge in [0.15, 0.2) is 0 Å². The Morgan fingerprint density at radius 3 is 3.00 bits per heavy atom. The van der Waals surface area contributed by atoms with Crippen LogP contribution in [0.5, 0.6) is 0 Å². The predicted molar refractivity (Wildman–Crippen MR) is 81.5 cm³/mol. The molecule has 0 aliphatic carbocycles. The number of carbonyl (C=O) groups excluding carboxylic acids is 1. The number of hydrogen-bond acceptors (Lipinski definition) is 5. The molecule has 6 nitrogen and oxygen atoms in total. The molecule has 0 saturated carbocycles. The molecule has 1 amide bonds. The summed E-state index contributed by atoms with van der Waals surface area (Å²) in [6.07, 6.45) is 0. The third-order valence-corrected chi connectivity index (χ3v) is 4.20. The quantitative estimate of drug-likeness (QED) is 0.815. The van der Waals surface area contributed by atoms with Crippen molar-refractivity contribution in [2.75, 3.05) is 5.32 Å². The van der Waals surface area contributed by atoms with Crippen molar-refractivity contribution in [3.8, 4) is 0 Å². The van der Waals surface area contributed by atoms with E-state index in [0.717, 1.165) is 0 Å². The van der Waals surface area contributed by atoms with E-state index in [1.54, 1.807) is 17.7 Å². The largest absolute Gasteiger partial charge is 0.323 e. The van der Waals surface area contributed by atoms with E-state index >= 15 is 0 Å². The summed E-state index contributed by atoms with van der Waals surface area (Å²) in [4.78, 5) is 12.1. The van der Waals surface area contributed by atoms with E-state index in [4.69, 9.17) is 0 Å². The van der Waals surface area contributed by atoms with Crippen molar-refractivity contribution < 1.29 is 9.18 Å². The first-order chi connectivity index (χ1) is 10.0. The maximum absolute atomic E-state index is 13.7. The van der Waals surface area contributed by atoms with Gasteiger partial charge in [0.1, 0.15) is 5.82 Å². The number of tetrazole rings is 1. The number of aryl methyl sites for hydroxylation is 1. The van der Waals surface area contributed by atoms with Crippen LogP contribution in [0.2, 0.25) is 0 Å². The van der Waals surface area contributed by atoms with Gasteiger partial charge in [0.25, 0.3) is 0 Å². The summed E-state index contributed by atoms with van der Waals surface area (Å²) in [7, 11) is 0. The lowest BCUT2D eigenvalue weighted by Crippen LogP contribution is -2.23. The first-order valence-corrected chi connectivity index (χ1v) is 7.87. The van der Waals surface area contributed by atoms with Gasteiger partial charge >= 0.3 is 0 Å². The van der Waals surface area contributed by atoms with Crippen molar-refractivity contribution in [1.82, 2.24) is 20.2 Å². The zero-order valence-electron chi connectivity index (χ0n) is 11.4. The molecule has 2 rings (SSSR count). The number of nitrogens with zero attached hydrogens (tertiary/aromatic N) is 4. The predicted octanol–water partition coefficient (Wildman–Crippen LogP) is 2.71. The highest BCUT2D eigenvalue weighted by molar-refractivity contribution is 9.10. The minimum atomic E-state index is -0.492. The van der Waals surface area contributed by atoms with E-state index in [1.807, 2.05) is 6.92 Å². The SMILES string of the molecule is CCn1nnnc1SC(C)C(=O)Nc1ccc(Br)cc1F. The number of benzene rings is 1. The van der Waals surface area contributed by atoms with Crippen LogP contribution in [0.3, 0.4) is 0 Å². The molecular formula is C12H13BrFN5OS. The Bertz CT molecular complexity index is 650. The Hall–Kier alpha value is -1.48. The highest BCUT2D eigenvalue weighted by atomic mass is 79.9. The number of halogens is 2. The van der Waals surface area contributed by atoms with Crippen molar-refractivity contribution in [1.29, 1.82) is 0 Å². The van der Waals surface area contributed by atoms with Gasteiger partial charge in [-0.25, -0.2) is 9.07 Å². The highest BCUT2D eigenvalue weighted by Crippen LogP contribution is 2.23. The molecule has 0 spiro atoms. The molecule has 2 aromatic rings. The molecule has 1 N–H and O–H groups in total. The van der Waals surface area contributed by atoms with Crippen LogP contribution in [0.15, 0.2) is 27.8 Å². The second kappa shape index (κ2) is 6.99. The summed E-state index contributed by atoms with van der Waals surface area (Å²) >= 11 is 4.39. The minimum absolute atomic E-state index is 0.144. The van der Waals surface area contributed by atoms with Gasteiger partial charge in [-0.2, -0.15) is 0 Å². The fraction of sp³-hybridized carbons (Fsp3) is 0.333. The van der Waals surface area contributed by atoms with E-state index in [9.17, 15) is 9.18 Å². The second-order valence-corrected chi connectivity index (χ2v) is 6.37. The second-order valence-electron chi connectivity index (χ2n) is 4.15. The maximum Gasteiger partial charge on any atom is 0.237 e. The fourth-order valence-electron chi connectivity index (χ4n) is 1.52. The molecule has 0 aliphatic rings. The lowest BCUT2D eigenvalue weighted by molar-refractivity contribution is -0.115. The Kier molecular flexibility index (Phi) is 5.29. The molecule has 9 heteroatoms. The van der Waals surface area contributed by atoms with Crippen LogP contribution in [0.1, 0.15) is 13.8 Å². The van der Waals surface area contributed by atoms with Crippen molar-refractivity contribution in [3.05, 3.63) is 28.5 Å². The minimum Gasteiger partial charge on any atom is -0.323 e. The fourth-order valence-corrected chi connectivity index (χ4v) is 2.70. The molecule has 112 valence electrons. The van der Waals surface area contributed by atoms with Crippen molar-refractivity contribution in [3.63, 3.8) is 0 Å². The van der Waals surface area contributed by atoms with Gasteiger partial charge in [0.05, 0.1) is 10.9 Å². The van der Waals surface area contributed by atoms with E-state index in [-0.39, 0.29) is 11.6 Å². The highest BCUT2D eigenvalue weighted by Gasteiger charge is 2.19. The summed E-state index contributed by atoms with van der Waals surface area (Å²) in [6, 6.07) is 4.46. The number of anilines is 1. The zero-order valence-corrected chi connectivity index (χ0v) is 13.8. The van der Waals surface area contributed by atoms with Crippen LogP contribution < -0.4 is 5.32 Å². The van der Waals surface area contributed by atoms with Gasteiger partial charge in [-0.3, -0.25) is 4.79 Å². The Balaban J connectivity index is 2.02. The van der Waals surface area contributed by atoms with Crippen molar-refractivity contribution in [2.45, 2.75) is 30.8 Å². The molecule has 0 fully saturated rings. The van der Waals surface area contributed by atoms with E-state index < -0.39 is 11.1 Å². The lowest BCUT2D eigenvalue weighted by atomic mass is 10.3. The van der Waals surface area contributed by atoms with Crippen LogP contribution in [0.4, 0.5) is 10.1 Å². The molecule has 1 unspecified atom stereocenters. The molecule has 1 heterocycles. The first-order valence-electron chi connectivity index (χ1n) is 6.20. The summed E-state index contributed by atoms with van der Waals surface area (Å²) in [5, 5.41) is 13.9. The summed E-state index contributed by atoms with van der Waals surface area (Å²) < 4.78 is 15.9. The molecule has 1 aromatic heterocycles. The average Bonchev–Trinajstić information content (AvgIpc) is 2.89. The Morgan fingerprint density at radius 1 is 1.57 bits per heavy atom. The lowest BCUT2D eigenvalue weighted by Gasteiger charge is -2.12.